The predicted molar refractivity (Wildman–Crippen MR) is 61.4 cm³/mol. The Balaban J connectivity index is 2.82. The van der Waals surface area contributed by atoms with Crippen LogP contribution in [0.1, 0.15) is 6.42 Å². The molecule has 9 heteroatoms. The molecule has 1 rings (SSSR count). The second-order valence-corrected chi connectivity index (χ2v) is 5.36. The first-order valence-corrected chi connectivity index (χ1v) is 6.58. The molecular weight excluding hydrogens is 262 g/mol. The number of carboxylic acid groups (broad SMARTS) is 1. The summed E-state index contributed by atoms with van der Waals surface area (Å²) in [5, 5.41) is 12.6. The summed E-state index contributed by atoms with van der Waals surface area (Å²) in [6, 6.07) is -1.23. The molecule has 0 saturated heterocycles. The number of hydrogen-bond acceptors (Lipinski definition) is 5. The Bertz CT molecular complexity index is 510. The molecule has 0 aliphatic carbocycles. The van der Waals surface area contributed by atoms with Crippen LogP contribution < -0.4 is 4.72 Å². The number of nitrogens with one attached hydrogen (secondary N) is 1. The van der Waals surface area contributed by atoms with Gasteiger partial charge in [0, 0.05) is 27.0 Å². The number of hydrogen-bond donors (Lipinski definition) is 2. The number of carbonyl (C=O) groups is 1. The minimum absolute atomic E-state index is 0.0469. The molecule has 2 N–H and O–H groups in total. The van der Waals surface area contributed by atoms with Gasteiger partial charge in [-0.05, 0) is 6.42 Å². The summed E-state index contributed by atoms with van der Waals surface area (Å²) >= 11 is 0. The van der Waals surface area contributed by atoms with E-state index < -0.39 is 22.0 Å². The van der Waals surface area contributed by atoms with Crippen molar-refractivity contribution in [2.24, 2.45) is 7.05 Å². The number of aryl methyl sites for hydroxylation is 1. The van der Waals surface area contributed by atoms with E-state index in [1.807, 2.05) is 0 Å². The summed E-state index contributed by atoms with van der Waals surface area (Å²) in [5.74, 6) is -1.25. The van der Waals surface area contributed by atoms with Crippen molar-refractivity contribution in [1.29, 1.82) is 0 Å². The lowest BCUT2D eigenvalue weighted by molar-refractivity contribution is -0.139. The van der Waals surface area contributed by atoms with Crippen LogP contribution >= 0.6 is 0 Å². The van der Waals surface area contributed by atoms with Crippen molar-refractivity contribution < 1.29 is 23.1 Å². The average Bonchev–Trinajstić information content (AvgIpc) is 2.71. The van der Waals surface area contributed by atoms with Gasteiger partial charge < -0.3 is 9.84 Å². The minimum atomic E-state index is -3.88. The highest BCUT2D eigenvalue weighted by atomic mass is 32.2. The topological polar surface area (TPSA) is 111 Å². The third-order valence-corrected chi connectivity index (χ3v) is 3.62. The van der Waals surface area contributed by atoms with Gasteiger partial charge in [0.25, 0.3) is 0 Å². The Hall–Kier alpha value is -1.45. The zero-order valence-corrected chi connectivity index (χ0v) is 10.8. The van der Waals surface area contributed by atoms with E-state index in [0.717, 1.165) is 6.20 Å². The summed E-state index contributed by atoms with van der Waals surface area (Å²) in [6.45, 7) is 0.145. The normalized spacial score (nSPS) is 13.4. The number of methoxy groups -OCH3 is 1. The third kappa shape index (κ3) is 3.79. The molecule has 18 heavy (non-hydrogen) atoms. The fourth-order valence-electron chi connectivity index (χ4n) is 1.26. The van der Waals surface area contributed by atoms with Crippen LogP contribution in [0.25, 0.3) is 0 Å². The van der Waals surface area contributed by atoms with Crippen LogP contribution in [-0.2, 0) is 26.6 Å². The molecule has 0 radical (unpaired) electrons. The fourth-order valence-corrected chi connectivity index (χ4v) is 2.47. The van der Waals surface area contributed by atoms with Gasteiger partial charge >= 0.3 is 5.97 Å². The van der Waals surface area contributed by atoms with Crippen LogP contribution in [0.2, 0.25) is 0 Å². The molecule has 0 bridgehead atoms. The predicted octanol–water partition coefficient (Wildman–Crippen LogP) is -0.812. The molecule has 0 spiro atoms. The molecule has 1 heterocycles. The Morgan fingerprint density at radius 2 is 2.33 bits per heavy atom. The quantitative estimate of drug-likeness (QED) is 0.674. The number of aliphatic carboxylic acids is 1. The number of ether oxygens (including phenoxy) is 1. The molecule has 8 nitrogen and oxygen atoms in total. The van der Waals surface area contributed by atoms with Crippen molar-refractivity contribution in [2.75, 3.05) is 13.7 Å². The number of aromatic nitrogens is 2. The largest absolute Gasteiger partial charge is 0.480 e. The molecule has 1 unspecified atom stereocenters. The molecule has 1 aromatic rings. The van der Waals surface area contributed by atoms with E-state index in [1.54, 1.807) is 7.05 Å². The van der Waals surface area contributed by atoms with E-state index in [0.29, 0.717) is 0 Å². The van der Waals surface area contributed by atoms with Crippen molar-refractivity contribution >= 4 is 16.0 Å². The van der Waals surface area contributed by atoms with Crippen molar-refractivity contribution in [2.45, 2.75) is 17.4 Å². The second kappa shape index (κ2) is 5.94. The van der Waals surface area contributed by atoms with Crippen molar-refractivity contribution in [3.8, 4) is 0 Å². The first kappa shape index (κ1) is 14.6. The molecule has 0 aliphatic heterocycles. The Kier molecular flexibility index (Phi) is 4.82. The highest BCUT2D eigenvalue weighted by molar-refractivity contribution is 7.89. The summed E-state index contributed by atoms with van der Waals surface area (Å²) in [6.07, 6.45) is 2.49. The average molecular weight is 277 g/mol. The number of nitrogens with zero attached hydrogens (tertiary/aromatic N) is 2. The lowest BCUT2D eigenvalue weighted by Gasteiger charge is -2.13. The Morgan fingerprint density at radius 1 is 1.67 bits per heavy atom. The molecule has 0 fully saturated rings. The zero-order valence-electron chi connectivity index (χ0n) is 10.0. The van der Waals surface area contributed by atoms with Crippen LogP contribution in [0.4, 0.5) is 0 Å². The van der Waals surface area contributed by atoms with Gasteiger partial charge in [0.15, 0.2) is 0 Å². The van der Waals surface area contributed by atoms with Gasteiger partial charge in [-0.1, -0.05) is 0 Å². The fraction of sp³-hybridized carbons (Fsp3) is 0.556. The minimum Gasteiger partial charge on any atom is -0.480 e. The lowest BCUT2D eigenvalue weighted by atomic mass is 10.2. The van der Waals surface area contributed by atoms with Crippen molar-refractivity contribution in [3.63, 3.8) is 0 Å². The summed E-state index contributed by atoms with van der Waals surface area (Å²) < 4.78 is 31.9. The SMILES string of the molecule is COCCC(NS(=O)(=O)c1cnn(C)c1)C(=O)O. The maximum Gasteiger partial charge on any atom is 0.321 e. The summed E-state index contributed by atoms with van der Waals surface area (Å²) in [5.41, 5.74) is 0. The first-order chi connectivity index (χ1) is 8.36. The number of sulfonamides is 1. The maximum atomic E-state index is 11.9. The van der Waals surface area contributed by atoms with Crippen LogP contribution in [0.5, 0.6) is 0 Å². The van der Waals surface area contributed by atoms with E-state index in [-0.39, 0.29) is 17.9 Å². The molecule has 1 aromatic heterocycles. The maximum absolute atomic E-state index is 11.9. The van der Waals surface area contributed by atoms with E-state index in [2.05, 4.69) is 9.82 Å². The molecule has 0 aliphatic rings. The van der Waals surface area contributed by atoms with Crippen molar-refractivity contribution in [1.82, 2.24) is 14.5 Å². The molecule has 0 amide bonds. The monoisotopic (exact) mass is 277 g/mol. The summed E-state index contributed by atoms with van der Waals surface area (Å²) in [4.78, 5) is 10.8. The van der Waals surface area contributed by atoms with E-state index in [9.17, 15) is 13.2 Å². The van der Waals surface area contributed by atoms with Gasteiger partial charge in [0.1, 0.15) is 10.9 Å². The zero-order chi connectivity index (χ0) is 13.8. The molecule has 1 atom stereocenters. The third-order valence-electron chi connectivity index (χ3n) is 2.20. The number of rotatable bonds is 7. The van der Waals surface area contributed by atoms with Crippen LogP contribution in [0.3, 0.4) is 0 Å². The Morgan fingerprint density at radius 3 is 2.78 bits per heavy atom. The van der Waals surface area contributed by atoms with Gasteiger partial charge in [-0.2, -0.15) is 9.82 Å². The first-order valence-electron chi connectivity index (χ1n) is 5.09. The van der Waals surface area contributed by atoms with Gasteiger partial charge in [-0.25, -0.2) is 8.42 Å². The molecule has 0 aromatic carbocycles. The number of carboxylic acids is 1. The van der Waals surface area contributed by atoms with Gasteiger partial charge in [-0.15, -0.1) is 0 Å². The Labute approximate surface area is 105 Å². The smallest absolute Gasteiger partial charge is 0.321 e. The molecular formula is C9H15N3O5S. The van der Waals surface area contributed by atoms with Gasteiger partial charge in [-0.3, -0.25) is 9.48 Å². The lowest BCUT2D eigenvalue weighted by Crippen LogP contribution is -2.41. The second-order valence-electron chi connectivity index (χ2n) is 3.64. The van der Waals surface area contributed by atoms with Gasteiger partial charge in [0.05, 0.1) is 6.20 Å². The van der Waals surface area contributed by atoms with Crippen LogP contribution in [-0.4, -0.2) is 49.0 Å². The van der Waals surface area contributed by atoms with E-state index in [1.165, 1.54) is 18.0 Å². The molecule has 0 saturated carbocycles. The summed E-state index contributed by atoms with van der Waals surface area (Å²) in [7, 11) is -0.905. The van der Waals surface area contributed by atoms with E-state index in [4.69, 9.17) is 9.84 Å². The van der Waals surface area contributed by atoms with E-state index >= 15 is 0 Å². The van der Waals surface area contributed by atoms with Crippen LogP contribution in [0.15, 0.2) is 17.3 Å². The van der Waals surface area contributed by atoms with Gasteiger partial charge in [0.2, 0.25) is 10.0 Å². The standard InChI is InChI=1S/C9H15N3O5S/c1-12-6-7(5-10-12)18(15,16)11-8(9(13)14)3-4-17-2/h5-6,8,11H,3-4H2,1-2H3,(H,13,14). The van der Waals surface area contributed by atoms with Crippen LogP contribution in [0, 0.1) is 0 Å². The highest BCUT2D eigenvalue weighted by Crippen LogP contribution is 2.08. The molecule has 102 valence electrons. The highest BCUT2D eigenvalue weighted by Gasteiger charge is 2.25. The van der Waals surface area contributed by atoms with Crippen molar-refractivity contribution in [3.05, 3.63) is 12.4 Å².